The number of ether oxygens (including phenoxy) is 1. The van der Waals surface area contributed by atoms with Crippen LogP contribution in [0.4, 0.5) is 4.39 Å². The van der Waals surface area contributed by atoms with Crippen LogP contribution in [-0.2, 0) is 0 Å². The summed E-state index contributed by atoms with van der Waals surface area (Å²) in [6.07, 6.45) is 1.85. The van der Waals surface area contributed by atoms with Crippen LogP contribution < -0.4 is 4.74 Å². The molecule has 0 fully saturated rings. The van der Waals surface area contributed by atoms with Gasteiger partial charge in [0.1, 0.15) is 11.6 Å². The first kappa shape index (κ1) is 18.5. The fraction of sp³-hybridized carbons (Fsp3) is 0.174. The molecular formula is C23H21FN2O. The van der Waals surface area contributed by atoms with Gasteiger partial charge in [-0.15, -0.1) is 0 Å². The number of rotatable bonds is 5. The van der Waals surface area contributed by atoms with Crippen LogP contribution >= 0.6 is 0 Å². The molecule has 2 aromatic carbocycles. The number of nitrogens with zero attached hydrogens (tertiary/aromatic N) is 2. The normalized spacial score (nSPS) is 11.3. The van der Waals surface area contributed by atoms with Gasteiger partial charge in [-0.2, -0.15) is 5.26 Å². The SMILES string of the molecule is CCOc1ccc(-n2c(C)cc(/C=C(/C#N)c3ccc(F)cc3)c2C)cc1. The Kier molecular flexibility index (Phi) is 5.42. The van der Waals surface area contributed by atoms with Gasteiger partial charge in [0.25, 0.3) is 0 Å². The maximum absolute atomic E-state index is 13.2. The van der Waals surface area contributed by atoms with Crippen molar-refractivity contribution in [1.82, 2.24) is 4.57 Å². The highest BCUT2D eigenvalue weighted by Gasteiger charge is 2.11. The van der Waals surface area contributed by atoms with Gasteiger partial charge < -0.3 is 9.30 Å². The van der Waals surface area contributed by atoms with Crippen molar-refractivity contribution >= 4 is 11.6 Å². The summed E-state index contributed by atoms with van der Waals surface area (Å²) in [7, 11) is 0. The summed E-state index contributed by atoms with van der Waals surface area (Å²) in [5.74, 6) is 0.525. The number of aryl methyl sites for hydroxylation is 1. The average molecular weight is 360 g/mol. The van der Waals surface area contributed by atoms with Gasteiger partial charge in [0.2, 0.25) is 0 Å². The van der Waals surface area contributed by atoms with Crippen molar-refractivity contribution in [2.45, 2.75) is 20.8 Å². The van der Waals surface area contributed by atoms with Gasteiger partial charge >= 0.3 is 0 Å². The molecule has 1 heterocycles. The molecule has 0 spiro atoms. The molecule has 136 valence electrons. The second-order valence-electron chi connectivity index (χ2n) is 6.27. The third-order valence-corrected chi connectivity index (χ3v) is 4.45. The molecule has 3 rings (SSSR count). The lowest BCUT2D eigenvalue weighted by molar-refractivity contribution is 0.340. The van der Waals surface area contributed by atoms with Gasteiger partial charge in [-0.25, -0.2) is 4.39 Å². The van der Waals surface area contributed by atoms with Gasteiger partial charge in [0, 0.05) is 17.1 Å². The summed E-state index contributed by atoms with van der Waals surface area (Å²) < 4.78 is 20.8. The molecule has 27 heavy (non-hydrogen) atoms. The van der Waals surface area contributed by atoms with Gasteiger partial charge in [-0.3, -0.25) is 0 Å². The number of hydrogen-bond donors (Lipinski definition) is 0. The first-order valence-electron chi connectivity index (χ1n) is 8.83. The fourth-order valence-electron chi connectivity index (χ4n) is 3.15. The monoisotopic (exact) mass is 360 g/mol. The van der Waals surface area contributed by atoms with E-state index in [1.54, 1.807) is 12.1 Å². The molecular weight excluding hydrogens is 339 g/mol. The van der Waals surface area contributed by atoms with Gasteiger partial charge in [-0.05, 0) is 80.4 Å². The van der Waals surface area contributed by atoms with E-state index in [9.17, 15) is 9.65 Å². The number of aromatic nitrogens is 1. The Morgan fingerprint density at radius 1 is 1.11 bits per heavy atom. The van der Waals surface area contributed by atoms with E-state index in [1.165, 1.54) is 12.1 Å². The lowest BCUT2D eigenvalue weighted by Crippen LogP contribution is -1.99. The van der Waals surface area contributed by atoms with Crippen molar-refractivity contribution < 1.29 is 9.13 Å². The van der Waals surface area contributed by atoms with Crippen LogP contribution in [0.15, 0.2) is 54.6 Å². The quantitative estimate of drug-likeness (QED) is 0.548. The summed E-state index contributed by atoms with van der Waals surface area (Å²) >= 11 is 0. The highest BCUT2D eigenvalue weighted by atomic mass is 19.1. The molecule has 0 amide bonds. The zero-order valence-corrected chi connectivity index (χ0v) is 15.7. The zero-order chi connectivity index (χ0) is 19.4. The van der Waals surface area contributed by atoms with E-state index < -0.39 is 0 Å². The summed E-state index contributed by atoms with van der Waals surface area (Å²) in [6.45, 7) is 6.65. The van der Waals surface area contributed by atoms with Crippen LogP contribution in [0, 0.1) is 31.0 Å². The molecule has 0 aliphatic heterocycles. The van der Waals surface area contributed by atoms with E-state index in [1.807, 2.05) is 57.2 Å². The molecule has 0 radical (unpaired) electrons. The number of allylic oxidation sites excluding steroid dienone is 1. The maximum Gasteiger partial charge on any atom is 0.123 e. The number of nitriles is 1. The first-order valence-corrected chi connectivity index (χ1v) is 8.83. The van der Waals surface area contributed by atoms with E-state index in [0.29, 0.717) is 17.7 Å². The van der Waals surface area contributed by atoms with Crippen LogP contribution in [0.5, 0.6) is 5.75 Å². The van der Waals surface area contributed by atoms with Crippen LogP contribution in [0.2, 0.25) is 0 Å². The van der Waals surface area contributed by atoms with Crippen LogP contribution in [-0.4, -0.2) is 11.2 Å². The first-order chi connectivity index (χ1) is 13.0. The molecule has 1 aromatic heterocycles. The van der Waals surface area contributed by atoms with Gasteiger partial charge in [-0.1, -0.05) is 12.1 Å². The Labute approximate surface area is 159 Å². The molecule has 4 heteroatoms. The Hall–Kier alpha value is -3.32. The Bertz CT molecular complexity index is 1010. The third kappa shape index (κ3) is 3.93. The van der Waals surface area contributed by atoms with Crippen LogP contribution in [0.25, 0.3) is 17.3 Å². The summed E-state index contributed by atoms with van der Waals surface area (Å²) in [5, 5.41) is 9.54. The smallest absolute Gasteiger partial charge is 0.123 e. The molecule has 0 N–H and O–H groups in total. The number of hydrogen-bond acceptors (Lipinski definition) is 2. The van der Waals surface area contributed by atoms with E-state index in [2.05, 4.69) is 10.6 Å². The second kappa shape index (κ2) is 7.92. The highest BCUT2D eigenvalue weighted by Crippen LogP contribution is 2.26. The minimum absolute atomic E-state index is 0.315. The molecule has 0 saturated heterocycles. The van der Waals surface area contributed by atoms with Gasteiger partial charge in [0.05, 0.1) is 18.2 Å². The van der Waals surface area contributed by atoms with Crippen LogP contribution in [0.3, 0.4) is 0 Å². The van der Waals surface area contributed by atoms with E-state index in [0.717, 1.165) is 28.4 Å². The minimum atomic E-state index is -0.315. The van der Waals surface area contributed by atoms with Crippen molar-refractivity contribution in [2.75, 3.05) is 6.61 Å². The van der Waals surface area contributed by atoms with Gasteiger partial charge in [0.15, 0.2) is 0 Å². The van der Waals surface area contributed by atoms with Crippen molar-refractivity contribution in [3.8, 4) is 17.5 Å². The lowest BCUT2D eigenvalue weighted by atomic mass is 10.0. The molecule has 0 unspecified atom stereocenters. The predicted molar refractivity (Wildman–Crippen MR) is 106 cm³/mol. The summed E-state index contributed by atoms with van der Waals surface area (Å²) in [4.78, 5) is 0. The van der Waals surface area contributed by atoms with E-state index >= 15 is 0 Å². The summed E-state index contributed by atoms with van der Waals surface area (Å²) in [6, 6.07) is 18.2. The molecule has 0 saturated carbocycles. The molecule has 0 aliphatic rings. The molecule has 3 nitrogen and oxygen atoms in total. The number of benzene rings is 2. The Morgan fingerprint density at radius 3 is 2.37 bits per heavy atom. The molecule has 0 bridgehead atoms. The van der Waals surface area contributed by atoms with E-state index in [-0.39, 0.29) is 5.82 Å². The van der Waals surface area contributed by atoms with Crippen LogP contribution in [0.1, 0.15) is 29.4 Å². The maximum atomic E-state index is 13.2. The zero-order valence-electron chi connectivity index (χ0n) is 15.7. The van der Waals surface area contributed by atoms with Crippen molar-refractivity contribution in [3.63, 3.8) is 0 Å². The topological polar surface area (TPSA) is 38.0 Å². The summed E-state index contributed by atoms with van der Waals surface area (Å²) in [5.41, 5.74) is 5.30. The van der Waals surface area contributed by atoms with Crippen molar-refractivity contribution in [2.24, 2.45) is 0 Å². The third-order valence-electron chi connectivity index (χ3n) is 4.45. The minimum Gasteiger partial charge on any atom is -0.494 e. The predicted octanol–water partition coefficient (Wildman–Crippen LogP) is 5.70. The van der Waals surface area contributed by atoms with Crippen molar-refractivity contribution in [3.05, 3.63) is 82.9 Å². The molecule has 0 aliphatic carbocycles. The number of halogens is 1. The second-order valence-corrected chi connectivity index (χ2v) is 6.27. The highest BCUT2D eigenvalue weighted by molar-refractivity contribution is 5.90. The fourth-order valence-corrected chi connectivity index (χ4v) is 3.15. The van der Waals surface area contributed by atoms with E-state index in [4.69, 9.17) is 4.74 Å². The largest absolute Gasteiger partial charge is 0.494 e. The standard InChI is InChI=1S/C23H21FN2O/c1-4-27-23-11-9-22(10-12-23)26-16(2)13-19(17(26)3)14-20(15-25)18-5-7-21(24)8-6-18/h5-14H,4H2,1-3H3/b20-14-. The molecule has 3 aromatic rings. The Balaban J connectivity index is 2.00. The van der Waals surface area contributed by atoms with Crippen molar-refractivity contribution in [1.29, 1.82) is 5.26 Å². The average Bonchev–Trinajstić information content (AvgIpc) is 2.95. The Morgan fingerprint density at radius 2 is 1.78 bits per heavy atom. The lowest BCUT2D eigenvalue weighted by Gasteiger charge is -2.11. The molecule has 0 atom stereocenters.